The van der Waals surface area contributed by atoms with Gasteiger partial charge in [0.15, 0.2) is 0 Å². The number of carboxylic acid groups (broad SMARTS) is 2. The van der Waals surface area contributed by atoms with Crippen LogP contribution in [-0.4, -0.2) is 22.2 Å². The molecule has 6 nitrogen and oxygen atoms in total. The number of aliphatic carboxylic acids is 2. The van der Waals surface area contributed by atoms with Crippen molar-refractivity contribution in [2.75, 3.05) is 0 Å². The van der Waals surface area contributed by atoms with E-state index in [0.717, 1.165) is 54.7 Å². The van der Waals surface area contributed by atoms with Crippen molar-refractivity contribution in [3.05, 3.63) is 97.1 Å². The van der Waals surface area contributed by atoms with Crippen LogP contribution in [0, 0.1) is 0 Å². The second kappa shape index (κ2) is 10.7. The lowest BCUT2D eigenvalue weighted by Crippen LogP contribution is -2.37. The van der Waals surface area contributed by atoms with Crippen LogP contribution >= 0.6 is 0 Å². The minimum atomic E-state index is -0.787. The lowest BCUT2D eigenvalue weighted by molar-refractivity contribution is -0.645. The van der Waals surface area contributed by atoms with Gasteiger partial charge in [0.1, 0.15) is 13.1 Å². The van der Waals surface area contributed by atoms with Gasteiger partial charge in [-0.2, -0.15) is 9.13 Å². The summed E-state index contributed by atoms with van der Waals surface area (Å²) >= 11 is 0. The molecule has 0 atom stereocenters. The second-order valence-electron chi connectivity index (χ2n) is 10.1. The average molecular weight is 531 g/mol. The molecule has 6 heteroatoms. The smallest absolute Gasteiger partial charge is 0.303 e. The SMILES string of the molecule is O=C(O)CCC[n+]1c2ccccc2c(-c2c3ccccc3[n+](CCCC(=O)O)c3ccccc23)c2ccccc21. The van der Waals surface area contributed by atoms with E-state index < -0.39 is 11.9 Å². The summed E-state index contributed by atoms with van der Waals surface area (Å²) in [6.07, 6.45) is 1.32. The van der Waals surface area contributed by atoms with Crippen molar-refractivity contribution in [2.24, 2.45) is 0 Å². The van der Waals surface area contributed by atoms with Gasteiger partial charge >= 0.3 is 11.9 Å². The highest BCUT2D eigenvalue weighted by Crippen LogP contribution is 2.41. The zero-order valence-electron chi connectivity index (χ0n) is 22.1. The van der Waals surface area contributed by atoms with E-state index >= 15 is 0 Å². The Hall–Kier alpha value is -4.84. The third-order valence-electron chi connectivity index (χ3n) is 7.65. The van der Waals surface area contributed by atoms with Gasteiger partial charge in [0.25, 0.3) is 0 Å². The molecular formula is C34H30N2O4+2. The summed E-state index contributed by atoms with van der Waals surface area (Å²) in [5.41, 5.74) is 6.54. The summed E-state index contributed by atoms with van der Waals surface area (Å²) in [6.45, 7) is 1.21. The molecule has 0 fully saturated rings. The van der Waals surface area contributed by atoms with Crippen LogP contribution < -0.4 is 9.13 Å². The fourth-order valence-electron chi connectivity index (χ4n) is 6.03. The lowest BCUT2D eigenvalue weighted by Gasteiger charge is -2.16. The molecule has 0 aliphatic carbocycles. The number of benzene rings is 4. The van der Waals surface area contributed by atoms with E-state index in [9.17, 15) is 19.8 Å². The predicted molar refractivity (Wildman–Crippen MR) is 156 cm³/mol. The molecule has 2 N–H and O–H groups in total. The number of carboxylic acids is 2. The van der Waals surface area contributed by atoms with E-state index in [1.807, 2.05) is 24.3 Å². The van der Waals surface area contributed by atoms with Crippen molar-refractivity contribution in [3.63, 3.8) is 0 Å². The molecule has 2 aromatic heterocycles. The third kappa shape index (κ3) is 4.51. The minimum absolute atomic E-state index is 0.118. The maximum Gasteiger partial charge on any atom is 0.303 e. The van der Waals surface area contributed by atoms with Crippen LogP contribution in [0.25, 0.3) is 54.7 Å². The summed E-state index contributed by atoms with van der Waals surface area (Å²) in [5.74, 6) is -1.57. The van der Waals surface area contributed by atoms with Gasteiger partial charge in [-0.05, 0) is 24.3 Å². The molecule has 0 spiro atoms. The van der Waals surface area contributed by atoms with E-state index in [-0.39, 0.29) is 12.8 Å². The van der Waals surface area contributed by atoms with Gasteiger partial charge in [-0.25, -0.2) is 0 Å². The highest BCUT2D eigenvalue weighted by molar-refractivity contribution is 6.18. The molecule has 0 amide bonds. The second-order valence-corrected chi connectivity index (χ2v) is 10.1. The number of hydrogen-bond acceptors (Lipinski definition) is 2. The summed E-state index contributed by atoms with van der Waals surface area (Å²) < 4.78 is 4.49. The zero-order valence-corrected chi connectivity index (χ0v) is 22.1. The van der Waals surface area contributed by atoms with E-state index in [1.165, 1.54) is 0 Å². The standard InChI is InChI=1S/C34H28N2O4/c37-31(38)19-9-21-35-27-15-5-1-11-23(27)33(24-12-2-6-16-28(24)35)34-25-13-3-7-17-29(25)36(22-10-20-32(39)40)30-18-8-4-14-26(30)34/h1-8,11-18H,9-10,19-22H2/p+2. The van der Waals surface area contributed by atoms with Crippen molar-refractivity contribution >= 4 is 55.6 Å². The number of aromatic nitrogens is 2. The topological polar surface area (TPSA) is 82.4 Å². The van der Waals surface area contributed by atoms with Gasteiger partial charge < -0.3 is 10.2 Å². The quantitative estimate of drug-likeness (QED) is 0.170. The number of fused-ring (bicyclic) bond motifs is 4. The van der Waals surface area contributed by atoms with Gasteiger partial charge in [-0.3, -0.25) is 9.59 Å². The molecule has 2 heterocycles. The number of rotatable bonds is 9. The Bertz CT molecular complexity index is 1670. The molecule has 0 radical (unpaired) electrons. The monoisotopic (exact) mass is 530 g/mol. The third-order valence-corrected chi connectivity index (χ3v) is 7.65. The van der Waals surface area contributed by atoms with E-state index in [0.29, 0.717) is 25.9 Å². The molecule has 0 saturated heterocycles. The fourth-order valence-corrected chi connectivity index (χ4v) is 6.03. The van der Waals surface area contributed by atoms with Crippen LogP contribution in [0.3, 0.4) is 0 Å². The Balaban J connectivity index is 1.71. The van der Waals surface area contributed by atoms with Crippen LogP contribution in [0.5, 0.6) is 0 Å². The van der Waals surface area contributed by atoms with Crippen molar-refractivity contribution in [1.29, 1.82) is 0 Å². The number of para-hydroxylation sites is 4. The largest absolute Gasteiger partial charge is 0.481 e. The maximum atomic E-state index is 11.3. The highest BCUT2D eigenvalue weighted by atomic mass is 16.4. The molecule has 6 rings (SSSR count). The fraction of sp³-hybridized carbons (Fsp3) is 0.176. The molecule has 0 unspecified atom stereocenters. The number of carbonyl (C=O) groups is 2. The Morgan fingerprint density at radius 3 is 1.02 bits per heavy atom. The molecule has 0 aliphatic heterocycles. The number of nitrogens with zero attached hydrogens (tertiary/aromatic N) is 2. The Morgan fingerprint density at radius 2 is 0.750 bits per heavy atom. The molecule has 4 aromatic carbocycles. The van der Waals surface area contributed by atoms with Crippen LogP contribution in [0.1, 0.15) is 25.7 Å². The molecular weight excluding hydrogens is 500 g/mol. The summed E-state index contributed by atoms with van der Waals surface area (Å²) in [6, 6.07) is 33.5. The zero-order chi connectivity index (χ0) is 27.6. The van der Waals surface area contributed by atoms with Crippen LogP contribution in [0.15, 0.2) is 97.1 Å². The van der Waals surface area contributed by atoms with E-state index in [4.69, 9.17) is 0 Å². The number of aryl methyl sites for hydroxylation is 2. The molecule has 0 aliphatic rings. The van der Waals surface area contributed by atoms with Gasteiger partial charge in [-0.15, -0.1) is 0 Å². The summed E-state index contributed by atoms with van der Waals surface area (Å²) in [4.78, 5) is 22.6. The normalized spacial score (nSPS) is 11.5. The van der Waals surface area contributed by atoms with Crippen LogP contribution in [0.2, 0.25) is 0 Å². The van der Waals surface area contributed by atoms with Crippen LogP contribution in [0.4, 0.5) is 0 Å². The van der Waals surface area contributed by atoms with Crippen molar-refractivity contribution in [2.45, 2.75) is 38.8 Å². The first-order valence-electron chi connectivity index (χ1n) is 13.6. The van der Waals surface area contributed by atoms with Gasteiger partial charge in [0, 0.05) is 48.2 Å². The van der Waals surface area contributed by atoms with E-state index in [1.54, 1.807) is 0 Å². The first kappa shape index (κ1) is 25.4. The first-order chi connectivity index (χ1) is 19.5. The van der Waals surface area contributed by atoms with Gasteiger partial charge in [0.05, 0.1) is 34.4 Å². The summed E-state index contributed by atoms with van der Waals surface area (Å²) in [7, 11) is 0. The lowest BCUT2D eigenvalue weighted by atomic mass is 9.90. The maximum absolute atomic E-state index is 11.3. The Kier molecular flexibility index (Phi) is 6.83. The van der Waals surface area contributed by atoms with Crippen molar-refractivity contribution < 1.29 is 28.9 Å². The Labute approximate surface area is 231 Å². The molecule has 0 saturated carbocycles. The first-order valence-corrected chi connectivity index (χ1v) is 13.6. The highest BCUT2D eigenvalue weighted by Gasteiger charge is 2.27. The molecule has 0 bridgehead atoms. The van der Waals surface area contributed by atoms with Gasteiger partial charge in [0.2, 0.25) is 22.1 Å². The average Bonchev–Trinajstić information content (AvgIpc) is 2.97. The predicted octanol–water partition coefficient (Wildman–Crippen LogP) is 6.27. The van der Waals surface area contributed by atoms with Crippen molar-refractivity contribution in [1.82, 2.24) is 0 Å². The number of pyridine rings is 2. The molecule has 198 valence electrons. The van der Waals surface area contributed by atoms with Crippen LogP contribution in [-0.2, 0) is 22.7 Å². The number of hydrogen-bond donors (Lipinski definition) is 2. The molecule has 40 heavy (non-hydrogen) atoms. The van der Waals surface area contributed by atoms with Crippen molar-refractivity contribution in [3.8, 4) is 11.1 Å². The molecule has 6 aromatic rings. The summed E-state index contributed by atoms with van der Waals surface area (Å²) in [5, 5.41) is 23.0. The van der Waals surface area contributed by atoms with E-state index in [2.05, 4.69) is 81.9 Å². The minimum Gasteiger partial charge on any atom is -0.481 e. The van der Waals surface area contributed by atoms with Gasteiger partial charge in [-0.1, -0.05) is 48.5 Å². The Morgan fingerprint density at radius 1 is 0.475 bits per heavy atom.